The van der Waals surface area contributed by atoms with Crippen LogP contribution in [0.1, 0.15) is 37.7 Å². The highest BCUT2D eigenvalue weighted by atomic mass is 35.5. The van der Waals surface area contributed by atoms with Gasteiger partial charge in [-0.2, -0.15) is 5.10 Å². The van der Waals surface area contributed by atoms with Crippen LogP contribution in [0.15, 0.2) is 30.7 Å². The molecule has 3 heterocycles. The highest BCUT2D eigenvalue weighted by Gasteiger charge is 2.19. The van der Waals surface area contributed by atoms with Crippen molar-refractivity contribution < 1.29 is 0 Å². The molecule has 0 saturated heterocycles. The molecule has 3 rings (SSSR count). The second-order valence-corrected chi connectivity index (χ2v) is 6.91. The van der Waals surface area contributed by atoms with Crippen LogP contribution in [-0.2, 0) is 18.5 Å². The Balaban J connectivity index is 1.66. The second kappa shape index (κ2) is 5.74. The highest BCUT2D eigenvalue weighted by Crippen LogP contribution is 2.23. The molecule has 0 spiro atoms. The Labute approximate surface area is 134 Å². The molecule has 5 nitrogen and oxygen atoms in total. The van der Waals surface area contributed by atoms with Gasteiger partial charge in [-0.3, -0.25) is 5.10 Å². The molecule has 6 heteroatoms. The van der Waals surface area contributed by atoms with Gasteiger partial charge in [0.1, 0.15) is 5.65 Å². The highest BCUT2D eigenvalue weighted by molar-refractivity contribution is 6.30. The van der Waals surface area contributed by atoms with E-state index in [0.717, 1.165) is 17.9 Å². The van der Waals surface area contributed by atoms with Gasteiger partial charge in [0.15, 0.2) is 0 Å². The Kier molecular flexibility index (Phi) is 3.93. The van der Waals surface area contributed by atoms with Crippen molar-refractivity contribution in [1.29, 1.82) is 0 Å². The van der Waals surface area contributed by atoms with E-state index in [2.05, 4.69) is 41.3 Å². The molecule has 0 aliphatic rings. The first kappa shape index (κ1) is 15.1. The fourth-order valence-electron chi connectivity index (χ4n) is 2.52. The van der Waals surface area contributed by atoms with Crippen LogP contribution in [0.5, 0.6) is 0 Å². The molecule has 0 saturated carbocycles. The molecule has 3 aromatic heterocycles. The van der Waals surface area contributed by atoms with Crippen LogP contribution < -0.4 is 5.32 Å². The van der Waals surface area contributed by atoms with E-state index in [9.17, 15) is 0 Å². The average Bonchev–Trinajstić information content (AvgIpc) is 3.03. The molecule has 2 N–H and O–H groups in total. The minimum atomic E-state index is 0.0628. The van der Waals surface area contributed by atoms with Crippen LogP contribution in [0.25, 0.3) is 5.65 Å². The molecule has 0 unspecified atom stereocenters. The maximum absolute atomic E-state index is 5.99. The van der Waals surface area contributed by atoms with E-state index in [-0.39, 0.29) is 5.41 Å². The summed E-state index contributed by atoms with van der Waals surface area (Å²) in [7, 11) is 0. The zero-order valence-corrected chi connectivity index (χ0v) is 13.8. The quantitative estimate of drug-likeness (QED) is 0.776. The number of aromatic amines is 1. The van der Waals surface area contributed by atoms with Crippen molar-refractivity contribution in [3.63, 3.8) is 0 Å². The summed E-state index contributed by atoms with van der Waals surface area (Å²) in [4.78, 5) is 4.56. The number of pyridine rings is 1. The monoisotopic (exact) mass is 317 g/mol. The molecule has 22 heavy (non-hydrogen) atoms. The van der Waals surface area contributed by atoms with Gasteiger partial charge in [0, 0.05) is 42.2 Å². The van der Waals surface area contributed by atoms with Gasteiger partial charge in [-0.25, -0.2) is 4.98 Å². The summed E-state index contributed by atoms with van der Waals surface area (Å²) in [5, 5.41) is 11.4. The minimum absolute atomic E-state index is 0.0628. The van der Waals surface area contributed by atoms with E-state index in [4.69, 9.17) is 11.6 Å². The molecular weight excluding hydrogens is 298 g/mol. The fourth-order valence-corrected chi connectivity index (χ4v) is 2.69. The molecule has 0 aliphatic carbocycles. The summed E-state index contributed by atoms with van der Waals surface area (Å²) in [6, 6.07) is 3.77. The first-order valence-electron chi connectivity index (χ1n) is 7.30. The average molecular weight is 318 g/mol. The van der Waals surface area contributed by atoms with Crippen LogP contribution in [0.4, 0.5) is 0 Å². The lowest BCUT2D eigenvalue weighted by Gasteiger charge is -2.18. The largest absolute Gasteiger partial charge is 0.307 e. The maximum Gasteiger partial charge on any atom is 0.137 e. The van der Waals surface area contributed by atoms with Crippen LogP contribution in [-0.4, -0.2) is 19.6 Å². The van der Waals surface area contributed by atoms with Crippen LogP contribution >= 0.6 is 11.6 Å². The second-order valence-electron chi connectivity index (χ2n) is 6.47. The van der Waals surface area contributed by atoms with Crippen molar-refractivity contribution in [2.24, 2.45) is 0 Å². The lowest BCUT2D eigenvalue weighted by molar-refractivity contribution is 0.553. The molecule has 0 radical (unpaired) electrons. The third-order valence-electron chi connectivity index (χ3n) is 3.55. The number of H-pyrrole nitrogens is 1. The number of aromatic nitrogens is 4. The molecule has 0 aromatic carbocycles. The summed E-state index contributed by atoms with van der Waals surface area (Å²) in [5.41, 5.74) is 4.32. The third kappa shape index (κ3) is 3.15. The van der Waals surface area contributed by atoms with E-state index < -0.39 is 0 Å². The van der Waals surface area contributed by atoms with Crippen molar-refractivity contribution in [1.82, 2.24) is 24.9 Å². The minimum Gasteiger partial charge on any atom is -0.307 e. The van der Waals surface area contributed by atoms with E-state index >= 15 is 0 Å². The number of hydrogen-bond acceptors (Lipinski definition) is 3. The zero-order valence-electron chi connectivity index (χ0n) is 13.0. The van der Waals surface area contributed by atoms with Crippen molar-refractivity contribution in [3.8, 4) is 0 Å². The van der Waals surface area contributed by atoms with Gasteiger partial charge >= 0.3 is 0 Å². The van der Waals surface area contributed by atoms with Crippen LogP contribution in [0.3, 0.4) is 0 Å². The number of nitrogens with one attached hydrogen (secondary N) is 2. The summed E-state index contributed by atoms with van der Waals surface area (Å²) < 4.78 is 1.94. The Bertz CT molecular complexity index is 781. The van der Waals surface area contributed by atoms with Gasteiger partial charge in [0.05, 0.1) is 16.9 Å². The summed E-state index contributed by atoms with van der Waals surface area (Å²) in [6.07, 6.45) is 5.74. The molecule has 0 amide bonds. The SMILES string of the molecule is CC(C)(C)c1[nH]ncc1CNCc1cn2cc(Cl)ccc2n1. The summed E-state index contributed by atoms with van der Waals surface area (Å²) >= 11 is 5.99. The fraction of sp³-hybridized carbons (Fsp3) is 0.375. The zero-order chi connectivity index (χ0) is 15.7. The lowest BCUT2D eigenvalue weighted by Crippen LogP contribution is -2.19. The molecule has 0 fully saturated rings. The molecule has 0 atom stereocenters. The van der Waals surface area contributed by atoms with Gasteiger partial charge in [-0.1, -0.05) is 32.4 Å². The van der Waals surface area contributed by atoms with Gasteiger partial charge in [-0.15, -0.1) is 0 Å². The Morgan fingerprint density at radius 1 is 1.23 bits per heavy atom. The Hall–Kier alpha value is -1.85. The van der Waals surface area contributed by atoms with Gasteiger partial charge < -0.3 is 9.72 Å². The number of imidazole rings is 1. The number of nitrogens with zero attached hydrogens (tertiary/aromatic N) is 3. The molecule has 0 aliphatic heterocycles. The van der Waals surface area contributed by atoms with Crippen molar-refractivity contribution >= 4 is 17.2 Å². The normalized spacial score (nSPS) is 12.2. The van der Waals surface area contributed by atoms with Crippen LogP contribution in [0, 0.1) is 0 Å². The smallest absolute Gasteiger partial charge is 0.137 e. The molecule has 116 valence electrons. The molecule has 0 bridgehead atoms. The number of rotatable bonds is 4. The molecular formula is C16H20ClN5. The predicted octanol–water partition coefficient (Wildman–Crippen LogP) is 3.30. The molecule has 3 aromatic rings. The van der Waals surface area contributed by atoms with E-state index in [1.807, 2.05) is 35.1 Å². The van der Waals surface area contributed by atoms with Crippen molar-refractivity contribution in [2.75, 3.05) is 0 Å². The van der Waals surface area contributed by atoms with Crippen molar-refractivity contribution in [3.05, 3.63) is 52.7 Å². The van der Waals surface area contributed by atoms with Crippen LogP contribution in [0.2, 0.25) is 5.02 Å². The number of fused-ring (bicyclic) bond motifs is 1. The maximum atomic E-state index is 5.99. The Morgan fingerprint density at radius 2 is 2.05 bits per heavy atom. The van der Waals surface area contributed by atoms with E-state index in [1.165, 1.54) is 11.3 Å². The summed E-state index contributed by atoms with van der Waals surface area (Å²) in [5.74, 6) is 0. The van der Waals surface area contributed by atoms with Crippen molar-refractivity contribution in [2.45, 2.75) is 39.3 Å². The van der Waals surface area contributed by atoms with E-state index in [0.29, 0.717) is 11.6 Å². The summed E-state index contributed by atoms with van der Waals surface area (Å²) in [6.45, 7) is 7.99. The van der Waals surface area contributed by atoms with Gasteiger partial charge in [-0.05, 0) is 12.1 Å². The predicted molar refractivity (Wildman–Crippen MR) is 88.0 cm³/mol. The topological polar surface area (TPSA) is 58.0 Å². The third-order valence-corrected chi connectivity index (χ3v) is 3.78. The van der Waals surface area contributed by atoms with Gasteiger partial charge in [0.2, 0.25) is 0 Å². The number of halogens is 1. The number of hydrogen-bond donors (Lipinski definition) is 2. The standard InChI is InChI=1S/C16H20ClN5/c1-16(2,3)15-11(7-19-21-15)6-18-8-13-10-22-9-12(17)4-5-14(22)20-13/h4-5,7,9-10,18H,6,8H2,1-3H3,(H,19,21). The first-order chi connectivity index (χ1) is 10.4. The van der Waals surface area contributed by atoms with Gasteiger partial charge in [0.25, 0.3) is 0 Å². The Morgan fingerprint density at radius 3 is 2.82 bits per heavy atom. The van der Waals surface area contributed by atoms with E-state index in [1.54, 1.807) is 0 Å². The first-order valence-corrected chi connectivity index (χ1v) is 7.68. The lowest BCUT2D eigenvalue weighted by atomic mass is 9.89.